The van der Waals surface area contributed by atoms with Crippen LogP contribution < -0.4 is 0 Å². The maximum Gasteiger partial charge on any atom is 0.341 e. The Balaban J connectivity index is 2.62. The summed E-state index contributed by atoms with van der Waals surface area (Å²) in [4.78, 5) is 26.2. The fraction of sp³-hybridized carbons (Fsp3) is 0.400. The minimum Gasteiger partial charge on any atom is -0.456 e. The number of hydrogen-bond acceptors (Lipinski definition) is 5. The van der Waals surface area contributed by atoms with Gasteiger partial charge in [0.25, 0.3) is 0 Å². The molecule has 0 atom stereocenters. The van der Waals surface area contributed by atoms with Crippen LogP contribution in [0.2, 0.25) is 4.34 Å². The lowest BCUT2D eigenvalue weighted by Crippen LogP contribution is -2.27. The van der Waals surface area contributed by atoms with Crippen LogP contribution in [0.3, 0.4) is 0 Å². The fourth-order valence-electron chi connectivity index (χ4n) is 2.23. The van der Waals surface area contributed by atoms with Crippen molar-refractivity contribution in [3.05, 3.63) is 45.8 Å². The van der Waals surface area contributed by atoms with Crippen LogP contribution in [0, 0.1) is 0 Å². The number of thiophene rings is 1. The normalized spacial score (nSPS) is 12.0. The molecule has 4 nitrogen and oxygen atoms in total. The summed E-state index contributed by atoms with van der Waals surface area (Å²) < 4.78 is 11.2. The molecule has 1 aromatic heterocycles. The lowest BCUT2D eigenvalue weighted by atomic mass is 10.0. The number of ether oxygens (including phenoxy) is 2. The topological polar surface area (TPSA) is 52.6 Å². The summed E-state index contributed by atoms with van der Waals surface area (Å²) in [5.41, 5.74) is -0.421. The summed E-state index contributed by atoms with van der Waals surface area (Å²) in [6.07, 6.45) is 0. The van der Waals surface area contributed by atoms with E-state index >= 15 is 0 Å². The molecular formula is C20H23ClO4S. The highest BCUT2D eigenvalue weighted by molar-refractivity contribution is 7.20. The van der Waals surface area contributed by atoms with Crippen molar-refractivity contribution in [3.63, 3.8) is 0 Å². The van der Waals surface area contributed by atoms with E-state index in [9.17, 15) is 9.59 Å². The van der Waals surface area contributed by atoms with Gasteiger partial charge in [0.2, 0.25) is 0 Å². The smallest absolute Gasteiger partial charge is 0.341 e. The van der Waals surface area contributed by atoms with Gasteiger partial charge in [0.05, 0.1) is 10.4 Å². The van der Waals surface area contributed by atoms with Gasteiger partial charge < -0.3 is 9.47 Å². The quantitative estimate of drug-likeness (QED) is 0.601. The highest BCUT2D eigenvalue weighted by Crippen LogP contribution is 2.41. The zero-order chi connectivity index (χ0) is 19.7. The molecule has 0 aliphatic heterocycles. The summed E-state index contributed by atoms with van der Waals surface area (Å²) in [7, 11) is 0. The van der Waals surface area contributed by atoms with Crippen molar-refractivity contribution in [2.24, 2.45) is 0 Å². The first-order chi connectivity index (χ1) is 11.9. The van der Waals surface area contributed by atoms with Crippen molar-refractivity contribution in [2.75, 3.05) is 0 Å². The van der Waals surface area contributed by atoms with E-state index in [1.165, 1.54) is 11.3 Å². The monoisotopic (exact) mass is 394 g/mol. The highest BCUT2D eigenvalue weighted by Gasteiger charge is 2.33. The molecular weight excluding hydrogens is 372 g/mol. The lowest BCUT2D eigenvalue weighted by Gasteiger charge is -2.22. The number of halogens is 1. The third-order valence-corrected chi connectivity index (χ3v) is 4.56. The summed E-state index contributed by atoms with van der Waals surface area (Å²) in [5, 5.41) is 0. The molecule has 0 radical (unpaired) electrons. The van der Waals surface area contributed by atoms with Gasteiger partial charge in [0.15, 0.2) is 0 Å². The van der Waals surface area contributed by atoms with E-state index < -0.39 is 23.1 Å². The molecule has 0 fully saturated rings. The number of rotatable bonds is 3. The second kappa shape index (κ2) is 7.41. The number of carbonyl (C=O) groups is 2. The van der Waals surface area contributed by atoms with Crippen LogP contribution in [0.4, 0.5) is 0 Å². The van der Waals surface area contributed by atoms with E-state index in [-0.39, 0.29) is 15.5 Å². The first-order valence-corrected chi connectivity index (χ1v) is 9.43. The molecule has 0 bridgehead atoms. The average molecular weight is 395 g/mol. The van der Waals surface area contributed by atoms with E-state index in [2.05, 4.69) is 0 Å². The second-order valence-electron chi connectivity index (χ2n) is 7.82. The largest absolute Gasteiger partial charge is 0.456 e. The molecule has 0 N–H and O–H groups in total. The number of hydrogen-bond donors (Lipinski definition) is 0. The van der Waals surface area contributed by atoms with Crippen LogP contribution in [0.15, 0.2) is 30.3 Å². The lowest BCUT2D eigenvalue weighted by molar-refractivity contribution is 0.00207. The molecule has 2 aromatic rings. The zero-order valence-corrected chi connectivity index (χ0v) is 17.4. The van der Waals surface area contributed by atoms with Gasteiger partial charge in [-0.05, 0) is 47.1 Å². The Bertz CT molecular complexity index is 811. The predicted molar refractivity (Wildman–Crippen MR) is 105 cm³/mol. The SMILES string of the molecule is CC(C)(C)OC(=O)c1c(Cl)sc(-c2ccccc2)c1C(=O)OC(C)(C)C. The van der Waals surface area contributed by atoms with Gasteiger partial charge in [-0.3, -0.25) is 0 Å². The molecule has 140 valence electrons. The first-order valence-electron chi connectivity index (χ1n) is 8.23. The minimum absolute atomic E-state index is 0.0553. The Kier molecular flexibility index (Phi) is 5.83. The van der Waals surface area contributed by atoms with Gasteiger partial charge in [-0.15, -0.1) is 11.3 Å². The van der Waals surface area contributed by atoms with Gasteiger partial charge in [0.1, 0.15) is 21.1 Å². The van der Waals surface area contributed by atoms with Crippen LogP contribution in [-0.2, 0) is 9.47 Å². The van der Waals surface area contributed by atoms with Gasteiger partial charge >= 0.3 is 11.9 Å². The van der Waals surface area contributed by atoms with E-state index in [4.69, 9.17) is 21.1 Å². The van der Waals surface area contributed by atoms with Crippen molar-refractivity contribution in [3.8, 4) is 10.4 Å². The molecule has 0 unspecified atom stereocenters. The highest BCUT2D eigenvalue weighted by atomic mass is 35.5. The molecule has 0 saturated carbocycles. The summed E-state index contributed by atoms with van der Waals surface area (Å²) >= 11 is 7.52. The molecule has 1 aromatic carbocycles. The van der Waals surface area contributed by atoms with E-state index in [1.807, 2.05) is 30.3 Å². The first kappa shape index (κ1) is 20.5. The van der Waals surface area contributed by atoms with Crippen LogP contribution in [0.1, 0.15) is 62.3 Å². The van der Waals surface area contributed by atoms with Crippen molar-refractivity contribution in [1.82, 2.24) is 0 Å². The van der Waals surface area contributed by atoms with Crippen LogP contribution in [-0.4, -0.2) is 23.1 Å². The van der Waals surface area contributed by atoms with Crippen LogP contribution in [0.25, 0.3) is 10.4 Å². The third-order valence-electron chi connectivity index (χ3n) is 3.11. The van der Waals surface area contributed by atoms with Gasteiger partial charge in [-0.1, -0.05) is 41.9 Å². The number of esters is 2. The Morgan fingerprint density at radius 3 is 1.77 bits per heavy atom. The Morgan fingerprint density at radius 1 is 0.846 bits per heavy atom. The molecule has 0 saturated heterocycles. The van der Waals surface area contributed by atoms with Gasteiger partial charge in [0, 0.05) is 0 Å². The van der Waals surface area contributed by atoms with Crippen molar-refractivity contribution in [2.45, 2.75) is 52.7 Å². The maximum absolute atomic E-state index is 12.9. The fourth-order valence-corrected chi connectivity index (χ4v) is 3.64. The van der Waals surface area contributed by atoms with E-state index in [1.54, 1.807) is 41.5 Å². The summed E-state index contributed by atoms with van der Waals surface area (Å²) in [5.74, 6) is -1.23. The molecule has 0 aliphatic rings. The molecule has 6 heteroatoms. The van der Waals surface area contributed by atoms with Crippen molar-refractivity contribution in [1.29, 1.82) is 0 Å². The van der Waals surface area contributed by atoms with E-state index in [0.29, 0.717) is 4.88 Å². The Morgan fingerprint density at radius 2 is 1.31 bits per heavy atom. The summed E-state index contributed by atoms with van der Waals surface area (Å²) in [6.45, 7) is 10.6. The Labute approximate surface area is 163 Å². The molecule has 2 rings (SSSR count). The zero-order valence-electron chi connectivity index (χ0n) is 15.8. The minimum atomic E-state index is -0.708. The third kappa shape index (κ3) is 5.08. The van der Waals surface area contributed by atoms with Crippen LogP contribution in [0.5, 0.6) is 0 Å². The predicted octanol–water partition coefficient (Wildman–Crippen LogP) is 5.98. The summed E-state index contributed by atoms with van der Waals surface area (Å²) in [6, 6.07) is 9.30. The Hall–Kier alpha value is -1.85. The molecule has 1 heterocycles. The average Bonchev–Trinajstić information content (AvgIpc) is 2.82. The maximum atomic E-state index is 12.9. The van der Waals surface area contributed by atoms with Crippen molar-refractivity contribution >= 4 is 34.9 Å². The number of benzene rings is 1. The standard InChI is InChI=1S/C20H23ClO4S/c1-19(2,3)24-17(22)13-14(18(23)25-20(4,5)6)16(21)26-15(13)12-10-8-7-9-11-12/h7-11H,1-6H3. The van der Waals surface area contributed by atoms with Crippen molar-refractivity contribution < 1.29 is 19.1 Å². The molecule has 26 heavy (non-hydrogen) atoms. The molecule has 0 spiro atoms. The van der Waals surface area contributed by atoms with E-state index in [0.717, 1.165) is 5.56 Å². The van der Waals surface area contributed by atoms with Gasteiger partial charge in [-0.2, -0.15) is 0 Å². The molecule has 0 amide bonds. The molecule has 0 aliphatic carbocycles. The number of carbonyl (C=O) groups excluding carboxylic acids is 2. The van der Waals surface area contributed by atoms with Crippen LogP contribution >= 0.6 is 22.9 Å². The second-order valence-corrected chi connectivity index (χ2v) is 9.45. The van der Waals surface area contributed by atoms with Gasteiger partial charge in [-0.25, -0.2) is 9.59 Å².